The predicted octanol–water partition coefficient (Wildman–Crippen LogP) is 2.21. The number of carbonyl (C=O) groups is 1. The van der Waals surface area contributed by atoms with Gasteiger partial charge in [0.05, 0.1) is 6.54 Å². The minimum absolute atomic E-state index is 0.202. The molecule has 1 aliphatic heterocycles. The van der Waals surface area contributed by atoms with Gasteiger partial charge in [0, 0.05) is 12.1 Å². The van der Waals surface area contributed by atoms with Crippen molar-refractivity contribution in [2.24, 2.45) is 5.73 Å². The van der Waals surface area contributed by atoms with Gasteiger partial charge in [0.1, 0.15) is 17.3 Å². The van der Waals surface area contributed by atoms with Crippen molar-refractivity contribution >= 4 is 5.91 Å². The fourth-order valence-corrected chi connectivity index (χ4v) is 3.19. The third-order valence-electron chi connectivity index (χ3n) is 4.50. The summed E-state index contributed by atoms with van der Waals surface area (Å²) in [7, 11) is 0. The van der Waals surface area contributed by atoms with E-state index in [1.807, 2.05) is 24.0 Å². The van der Waals surface area contributed by atoms with Crippen LogP contribution in [0.25, 0.3) is 11.3 Å². The highest BCUT2D eigenvalue weighted by atomic mass is 19.1. The Morgan fingerprint density at radius 2 is 2.21 bits per heavy atom. The molecule has 24 heavy (non-hydrogen) atoms. The van der Waals surface area contributed by atoms with Gasteiger partial charge in [-0.05, 0) is 62.2 Å². The number of halogens is 1. The Morgan fingerprint density at radius 1 is 1.42 bits per heavy atom. The van der Waals surface area contributed by atoms with Crippen LogP contribution < -0.4 is 5.73 Å². The van der Waals surface area contributed by atoms with Crippen molar-refractivity contribution in [1.82, 2.24) is 4.90 Å². The number of furan rings is 1. The van der Waals surface area contributed by atoms with Gasteiger partial charge in [0.25, 0.3) is 5.91 Å². The van der Waals surface area contributed by atoms with E-state index >= 15 is 0 Å². The first-order valence-electron chi connectivity index (χ1n) is 7.97. The zero-order chi connectivity index (χ0) is 17.3. The predicted molar refractivity (Wildman–Crippen MR) is 87.5 cm³/mol. The third-order valence-corrected chi connectivity index (χ3v) is 4.50. The molecular weight excluding hydrogens is 311 g/mol. The molecule has 1 amide bonds. The Kier molecular flexibility index (Phi) is 4.43. The third kappa shape index (κ3) is 3.34. The molecule has 0 saturated carbocycles. The van der Waals surface area contributed by atoms with Crippen molar-refractivity contribution in [3.05, 3.63) is 47.5 Å². The first-order valence-corrected chi connectivity index (χ1v) is 7.97. The van der Waals surface area contributed by atoms with Crippen molar-refractivity contribution in [2.45, 2.75) is 31.9 Å². The summed E-state index contributed by atoms with van der Waals surface area (Å²) >= 11 is 0. The van der Waals surface area contributed by atoms with Crippen LogP contribution in [-0.2, 0) is 11.3 Å². The van der Waals surface area contributed by atoms with Crippen molar-refractivity contribution in [2.75, 3.05) is 13.1 Å². The summed E-state index contributed by atoms with van der Waals surface area (Å²) in [6, 6.07) is 8.27. The van der Waals surface area contributed by atoms with E-state index in [1.165, 1.54) is 12.1 Å². The second kappa shape index (κ2) is 6.37. The molecular formula is C18H21FN2O3. The molecule has 6 heteroatoms. The van der Waals surface area contributed by atoms with Gasteiger partial charge < -0.3 is 15.3 Å². The van der Waals surface area contributed by atoms with Gasteiger partial charge in [-0.2, -0.15) is 0 Å². The molecule has 5 nitrogen and oxygen atoms in total. The molecule has 0 radical (unpaired) electrons. The van der Waals surface area contributed by atoms with E-state index in [0.29, 0.717) is 25.1 Å². The van der Waals surface area contributed by atoms with Gasteiger partial charge in [-0.25, -0.2) is 4.39 Å². The maximum atomic E-state index is 13.2. The van der Waals surface area contributed by atoms with Gasteiger partial charge in [0.2, 0.25) is 0 Å². The molecule has 3 rings (SSSR count). The van der Waals surface area contributed by atoms with Crippen molar-refractivity contribution in [3.8, 4) is 11.3 Å². The lowest BCUT2D eigenvalue weighted by molar-refractivity contribution is -0.142. The van der Waals surface area contributed by atoms with Crippen LogP contribution in [0.5, 0.6) is 0 Å². The molecule has 0 aliphatic carbocycles. The number of hydrogen-bond acceptors (Lipinski definition) is 4. The first-order chi connectivity index (χ1) is 11.4. The normalized spacial score (nSPS) is 21.8. The van der Waals surface area contributed by atoms with E-state index < -0.39 is 11.5 Å². The topological polar surface area (TPSA) is 79.7 Å². The van der Waals surface area contributed by atoms with Gasteiger partial charge in [-0.1, -0.05) is 0 Å². The summed E-state index contributed by atoms with van der Waals surface area (Å²) in [6.07, 6.45) is 1.08. The number of nitrogens with zero attached hydrogens (tertiary/aromatic N) is 1. The summed E-state index contributed by atoms with van der Waals surface area (Å²) in [5.74, 6) is 0.434. The minimum Gasteiger partial charge on any atom is -0.460 e. The second-order valence-electron chi connectivity index (χ2n) is 6.44. The number of amides is 1. The van der Waals surface area contributed by atoms with E-state index in [4.69, 9.17) is 10.2 Å². The molecule has 1 atom stereocenters. The zero-order valence-corrected chi connectivity index (χ0v) is 13.6. The monoisotopic (exact) mass is 332 g/mol. The molecule has 1 unspecified atom stereocenters. The number of nitrogens with two attached hydrogens (primary N) is 1. The molecule has 1 aliphatic rings. The SMILES string of the molecule is Cc1cc(F)ccc1-c1ccc(CN2CCCC(O)(C(N)=O)C2)o1. The summed E-state index contributed by atoms with van der Waals surface area (Å²) in [5, 5.41) is 10.3. The molecule has 0 spiro atoms. The standard InChI is InChI=1S/C18H21FN2O3/c1-12-9-13(19)3-5-15(12)16-6-4-14(24-16)10-21-8-2-7-18(23,11-21)17(20)22/h3-6,9,23H,2,7-8,10-11H2,1H3,(H2,20,22). The maximum Gasteiger partial charge on any atom is 0.250 e. The highest BCUT2D eigenvalue weighted by Crippen LogP contribution is 2.28. The second-order valence-corrected chi connectivity index (χ2v) is 6.44. The average molecular weight is 332 g/mol. The fraction of sp³-hybridized carbons (Fsp3) is 0.389. The Balaban J connectivity index is 1.73. The lowest BCUT2D eigenvalue weighted by Crippen LogP contribution is -2.55. The molecule has 3 N–H and O–H groups in total. The number of β-amino-alcohol motifs (C(OH)–C–C–N with tert-alkyl or cyclic N) is 1. The Hall–Kier alpha value is -2.18. The molecule has 128 valence electrons. The first kappa shape index (κ1) is 16.7. The Bertz CT molecular complexity index is 758. The number of primary amides is 1. The van der Waals surface area contributed by atoms with Crippen molar-refractivity contribution in [1.29, 1.82) is 0 Å². The van der Waals surface area contributed by atoms with E-state index in [-0.39, 0.29) is 12.4 Å². The van der Waals surface area contributed by atoms with E-state index in [9.17, 15) is 14.3 Å². The summed E-state index contributed by atoms with van der Waals surface area (Å²) in [4.78, 5) is 13.4. The Labute approximate surface area is 139 Å². The van der Waals surface area contributed by atoms with Crippen LogP contribution in [0.3, 0.4) is 0 Å². The van der Waals surface area contributed by atoms with Crippen molar-refractivity contribution < 1.29 is 18.7 Å². The maximum absolute atomic E-state index is 13.2. The number of aliphatic hydroxyl groups is 1. The van der Waals surface area contributed by atoms with Gasteiger partial charge in [-0.15, -0.1) is 0 Å². The van der Waals surface area contributed by atoms with Crippen LogP contribution in [0.2, 0.25) is 0 Å². The van der Waals surface area contributed by atoms with Crippen LogP contribution in [0, 0.1) is 12.7 Å². The zero-order valence-electron chi connectivity index (χ0n) is 13.6. The van der Waals surface area contributed by atoms with E-state index in [1.54, 1.807) is 6.07 Å². The van der Waals surface area contributed by atoms with Gasteiger partial charge in [0.15, 0.2) is 5.60 Å². The van der Waals surface area contributed by atoms with Gasteiger partial charge in [-0.3, -0.25) is 9.69 Å². The van der Waals surface area contributed by atoms with Crippen LogP contribution in [-0.4, -0.2) is 34.6 Å². The number of benzene rings is 1. The average Bonchev–Trinajstić information content (AvgIpc) is 2.95. The highest BCUT2D eigenvalue weighted by Gasteiger charge is 2.38. The summed E-state index contributed by atoms with van der Waals surface area (Å²) < 4.78 is 19.1. The quantitative estimate of drug-likeness (QED) is 0.899. The van der Waals surface area contributed by atoms with E-state index in [0.717, 1.165) is 23.4 Å². The summed E-state index contributed by atoms with van der Waals surface area (Å²) in [5.41, 5.74) is 5.47. The van der Waals surface area contributed by atoms with Crippen LogP contribution in [0.15, 0.2) is 34.7 Å². The minimum atomic E-state index is -1.47. The smallest absolute Gasteiger partial charge is 0.250 e. The van der Waals surface area contributed by atoms with Crippen LogP contribution in [0.1, 0.15) is 24.2 Å². The van der Waals surface area contributed by atoms with E-state index in [2.05, 4.69) is 0 Å². The lowest BCUT2D eigenvalue weighted by atomic mass is 9.92. The largest absolute Gasteiger partial charge is 0.460 e. The molecule has 1 saturated heterocycles. The molecule has 1 fully saturated rings. The number of rotatable bonds is 4. The number of hydrogen-bond donors (Lipinski definition) is 2. The van der Waals surface area contributed by atoms with Crippen LogP contribution in [0.4, 0.5) is 4.39 Å². The molecule has 0 bridgehead atoms. The molecule has 1 aromatic carbocycles. The molecule has 2 heterocycles. The lowest BCUT2D eigenvalue weighted by Gasteiger charge is -2.36. The van der Waals surface area contributed by atoms with Crippen LogP contribution >= 0.6 is 0 Å². The number of likely N-dealkylation sites (tertiary alicyclic amines) is 1. The fourth-order valence-electron chi connectivity index (χ4n) is 3.19. The highest BCUT2D eigenvalue weighted by molar-refractivity contribution is 5.83. The molecule has 2 aromatic rings. The Morgan fingerprint density at radius 3 is 2.92 bits per heavy atom. The summed E-state index contributed by atoms with van der Waals surface area (Å²) in [6.45, 7) is 3.28. The number of aryl methyl sites for hydroxylation is 1. The number of carbonyl (C=O) groups excluding carboxylic acids is 1. The molecule has 1 aromatic heterocycles. The number of piperidine rings is 1. The van der Waals surface area contributed by atoms with Gasteiger partial charge >= 0.3 is 0 Å². The van der Waals surface area contributed by atoms with Crippen molar-refractivity contribution in [3.63, 3.8) is 0 Å².